The number of rotatable bonds is 14. The second-order valence-electron chi connectivity index (χ2n) is 10.0. The number of alkyl halides is 2. The maximum absolute atomic E-state index is 13.1. The first kappa shape index (κ1) is 33.7. The first-order valence-electron chi connectivity index (χ1n) is 14.3. The van der Waals surface area contributed by atoms with Crippen molar-refractivity contribution in [3.05, 3.63) is 161 Å². The van der Waals surface area contributed by atoms with E-state index in [2.05, 4.69) is 5.32 Å². The van der Waals surface area contributed by atoms with Gasteiger partial charge < -0.3 is 14.4 Å². The second-order valence-corrected chi connectivity index (χ2v) is 14.8. The van der Waals surface area contributed by atoms with E-state index in [0.29, 0.717) is 5.56 Å². The fourth-order valence-electron chi connectivity index (χ4n) is 4.69. The van der Waals surface area contributed by atoms with E-state index in [1.165, 1.54) is 12.1 Å². The predicted octanol–water partition coefficient (Wildman–Crippen LogP) is 7.05. The van der Waals surface area contributed by atoms with Gasteiger partial charge >= 0.3 is 0 Å². The molecule has 0 aliphatic carbocycles. The van der Waals surface area contributed by atoms with Crippen LogP contribution in [0.5, 0.6) is 0 Å². The molecule has 234 valence electrons. The van der Waals surface area contributed by atoms with Crippen molar-refractivity contribution in [3.8, 4) is 0 Å². The molecule has 0 saturated carbocycles. The Morgan fingerprint density at radius 2 is 1.09 bits per heavy atom. The van der Waals surface area contributed by atoms with Gasteiger partial charge in [-0.2, -0.15) is 0 Å². The van der Waals surface area contributed by atoms with E-state index in [9.17, 15) is 14.9 Å². The van der Waals surface area contributed by atoms with E-state index >= 15 is 0 Å². The van der Waals surface area contributed by atoms with Gasteiger partial charge in [0.25, 0.3) is 11.6 Å². The minimum absolute atomic E-state index is 0.0239. The standard InChI is InChI=1S/C35H30Cl2N2O5P2/c36-34(37)35(40)38-32(25-43-45(28-13-5-1-6-14-28)29-15-7-2-8-16-29)33(26-21-23-27(24-22-26)39(41)42)44-46(30-17-9-3-10-18-30)31-19-11-4-12-20-31/h1-24,32-34H,25H2,(H,38,40)/t32-,33-/m1/s1. The molecule has 0 saturated heterocycles. The SMILES string of the molecule is O=C(N[C@H](COP(c1ccccc1)c1ccccc1)[C@H](OP(c1ccccc1)c1ccccc1)c1ccc([N+](=O)[O-])cc1)C(Cl)Cl. The number of non-ortho nitro benzene ring substituents is 1. The van der Waals surface area contributed by atoms with Gasteiger partial charge in [0.15, 0.2) is 4.84 Å². The number of nitro benzene ring substituents is 1. The largest absolute Gasteiger partial charge is 0.347 e. The molecule has 0 aliphatic rings. The highest BCUT2D eigenvalue weighted by molar-refractivity contribution is 7.68. The van der Waals surface area contributed by atoms with Crippen LogP contribution in [0.25, 0.3) is 0 Å². The molecule has 0 radical (unpaired) electrons. The van der Waals surface area contributed by atoms with Crippen molar-refractivity contribution in [2.75, 3.05) is 6.61 Å². The number of hydrogen-bond donors (Lipinski definition) is 1. The lowest BCUT2D eigenvalue weighted by Gasteiger charge is -2.33. The van der Waals surface area contributed by atoms with Crippen molar-refractivity contribution in [3.63, 3.8) is 0 Å². The average Bonchev–Trinajstić information content (AvgIpc) is 3.10. The fraction of sp³-hybridized carbons (Fsp3) is 0.114. The molecule has 0 heterocycles. The predicted molar refractivity (Wildman–Crippen MR) is 188 cm³/mol. The van der Waals surface area contributed by atoms with E-state index in [-0.39, 0.29) is 12.3 Å². The molecule has 0 bridgehead atoms. The normalized spacial score (nSPS) is 12.6. The minimum atomic E-state index is -1.42. The lowest BCUT2D eigenvalue weighted by atomic mass is 10.0. The number of carbonyl (C=O) groups is 1. The average molecular weight is 691 g/mol. The molecule has 46 heavy (non-hydrogen) atoms. The molecule has 1 N–H and O–H groups in total. The van der Waals surface area contributed by atoms with Crippen molar-refractivity contribution >= 4 is 72.3 Å². The number of nitrogens with one attached hydrogen (secondary N) is 1. The molecule has 0 aliphatic heterocycles. The van der Waals surface area contributed by atoms with Gasteiger partial charge in [0, 0.05) is 33.4 Å². The van der Waals surface area contributed by atoms with Crippen molar-refractivity contribution < 1.29 is 18.8 Å². The molecule has 0 fully saturated rings. The maximum Gasteiger partial charge on any atom is 0.269 e. The Balaban J connectivity index is 1.57. The van der Waals surface area contributed by atoms with E-state index in [1.54, 1.807) is 12.1 Å². The molecular weight excluding hydrogens is 661 g/mol. The number of benzene rings is 5. The quantitative estimate of drug-likeness (QED) is 0.0584. The van der Waals surface area contributed by atoms with Crippen LogP contribution < -0.4 is 26.5 Å². The number of amides is 1. The summed E-state index contributed by atoms with van der Waals surface area (Å²) in [7, 11) is -2.72. The van der Waals surface area contributed by atoms with Crippen LogP contribution in [0.3, 0.4) is 0 Å². The lowest BCUT2D eigenvalue weighted by Crippen LogP contribution is -2.45. The van der Waals surface area contributed by atoms with Crippen LogP contribution in [-0.4, -0.2) is 28.3 Å². The summed E-state index contributed by atoms with van der Waals surface area (Å²) in [4.78, 5) is 22.8. The summed E-state index contributed by atoms with van der Waals surface area (Å²) in [5.74, 6) is -0.611. The summed E-state index contributed by atoms with van der Waals surface area (Å²) in [6, 6.07) is 44.7. The molecular formula is C35H30Cl2N2O5P2. The summed E-state index contributed by atoms with van der Waals surface area (Å²) in [6.07, 6.45) is -0.813. The lowest BCUT2D eigenvalue weighted by molar-refractivity contribution is -0.384. The van der Waals surface area contributed by atoms with Gasteiger partial charge in [-0.1, -0.05) is 145 Å². The third kappa shape index (κ3) is 8.98. The van der Waals surface area contributed by atoms with Crippen LogP contribution in [0.15, 0.2) is 146 Å². The van der Waals surface area contributed by atoms with Crippen molar-refractivity contribution in [2.24, 2.45) is 0 Å². The van der Waals surface area contributed by atoms with Crippen molar-refractivity contribution in [1.29, 1.82) is 0 Å². The van der Waals surface area contributed by atoms with Gasteiger partial charge in [0.2, 0.25) is 0 Å². The molecule has 11 heteroatoms. The summed E-state index contributed by atoms with van der Waals surface area (Å²) in [5, 5.41) is 18.3. The summed E-state index contributed by atoms with van der Waals surface area (Å²) < 4.78 is 13.7. The molecule has 0 unspecified atom stereocenters. The molecule has 5 aromatic carbocycles. The van der Waals surface area contributed by atoms with Crippen molar-refractivity contribution in [2.45, 2.75) is 17.0 Å². The van der Waals surface area contributed by atoms with Gasteiger partial charge in [-0.25, -0.2) is 0 Å². The van der Waals surface area contributed by atoms with Crippen LogP contribution in [-0.2, 0) is 13.8 Å². The first-order chi connectivity index (χ1) is 22.4. The van der Waals surface area contributed by atoms with Gasteiger partial charge in [-0.05, 0) is 17.7 Å². The van der Waals surface area contributed by atoms with Crippen LogP contribution in [0.1, 0.15) is 11.7 Å². The van der Waals surface area contributed by atoms with Crippen LogP contribution in [0, 0.1) is 10.1 Å². The Labute approximate surface area is 280 Å². The Morgan fingerprint density at radius 3 is 1.48 bits per heavy atom. The topological polar surface area (TPSA) is 90.7 Å². The Morgan fingerprint density at radius 1 is 0.674 bits per heavy atom. The number of carbonyl (C=O) groups excluding carboxylic acids is 1. The summed E-state index contributed by atoms with van der Waals surface area (Å²) >= 11 is 12.1. The third-order valence-electron chi connectivity index (χ3n) is 6.89. The number of nitrogens with zero attached hydrogens (tertiary/aromatic N) is 1. The Kier molecular flexibility index (Phi) is 12.3. The van der Waals surface area contributed by atoms with Crippen LogP contribution in [0.2, 0.25) is 0 Å². The van der Waals surface area contributed by atoms with Gasteiger partial charge in [0.1, 0.15) is 6.10 Å². The molecule has 1 amide bonds. The third-order valence-corrected chi connectivity index (χ3v) is 11.2. The smallest absolute Gasteiger partial charge is 0.269 e. The van der Waals surface area contributed by atoms with E-state index in [1.807, 2.05) is 121 Å². The summed E-state index contributed by atoms with van der Waals surface area (Å²) in [5.41, 5.74) is 0.550. The van der Waals surface area contributed by atoms with Gasteiger partial charge in [0.05, 0.1) is 33.9 Å². The minimum Gasteiger partial charge on any atom is -0.347 e. The monoisotopic (exact) mass is 690 g/mol. The number of nitro groups is 1. The molecule has 5 aromatic rings. The van der Waals surface area contributed by atoms with E-state index in [0.717, 1.165) is 21.2 Å². The molecule has 7 nitrogen and oxygen atoms in total. The Bertz CT molecular complexity index is 1610. The second kappa shape index (κ2) is 16.8. The zero-order valence-electron chi connectivity index (χ0n) is 24.4. The van der Waals surface area contributed by atoms with Gasteiger partial charge in [-0.3, -0.25) is 14.9 Å². The van der Waals surface area contributed by atoms with Crippen molar-refractivity contribution in [1.82, 2.24) is 5.32 Å². The van der Waals surface area contributed by atoms with Gasteiger partial charge in [-0.15, -0.1) is 0 Å². The Hall–Kier alpha value is -3.67. The highest BCUT2D eigenvalue weighted by Gasteiger charge is 2.33. The van der Waals surface area contributed by atoms with E-state index < -0.39 is 44.1 Å². The zero-order valence-corrected chi connectivity index (χ0v) is 27.7. The van der Waals surface area contributed by atoms with E-state index in [4.69, 9.17) is 32.2 Å². The number of hydrogen-bond acceptors (Lipinski definition) is 5. The fourth-order valence-corrected chi connectivity index (χ4v) is 8.53. The number of halogens is 2. The summed E-state index contributed by atoms with van der Waals surface area (Å²) in [6.45, 7) is 0.0239. The first-order valence-corrected chi connectivity index (χ1v) is 17.7. The van der Waals surface area contributed by atoms with Crippen LogP contribution in [0.4, 0.5) is 5.69 Å². The zero-order chi connectivity index (χ0) is 32.3. The molecule has 2 atom stereocenters. The molecule has 0 spiro atoms. The molecule has 0 aromatic heterocycles. The highest BCUT2D eigenvalue weighted by atomic mass is 35.5. The maximum atomic E-state index is 13.1. The highest BCUT2D eigenvalue weighted by Crippen LogP contribution is 2.44. The molecule has 5 rings (SSSR count). The van der Waals surface area contributed by atoms with Crippen LogP contribution >= 0.6 is 39.5 Å².